The van der Waals surface area contributed by atoms with E-state index in [0.29, 0.717) is 17.1 Å². The van der Waals surface area contributed by atoms with E-state index in [9.17, 15) is 14.7 Å². The summed E-state index contributed by atoms with van der Waals surface area (Å²) in [6.07, 6.45) is 1.21. The number of rotatable bonds is 7. The van der Waals surface area contributed by atoms with Gasteiger partial charge in [-0.05, 0) is 55.6 Å². The van der Waals surface area contributed by atoms with Gasteiger partial charge in [0.1, 0.15) is 5.75 Å². The molecule has 2 aromatic carbocycles. The van der Waals surface area contributed by atoms with Crippen LogP contribution in [0, 0.1) is 5.92 Å². The number of carbonyl (C=O) groups excluding carboxylic acids is 2. The van der Waals surface area contributed by atoms with Gasteiger partial charge >= 0.3 is 0 Å². The van der Waals surface area contributed by atoms with Gasteiger partial charge in [0.25, 0.3) is 0 Å². The number of piperidine rings is 1. The van der Waals surface area contributed by atoms with Gasteiger partial charge in [-0.1, -0.05) is 30.3 Å². The normalized spacial score (nSPS) is 16.0. The van der Waals surface area contributed by atoms with Gasteiger partial charge in [-0.15, -0.1) is 0 Å². The molecule has 1 fully saturated rings. The van der Waals surface area contributed by atoms with E-state index in [-0.39, 0.29) is 24.3 Å². The molecule has 7 heteroatoms. The number of nitrogens with one attached hydrogen (secondary N) is 2. The molecule has 30 heavy (non-hydrogen) atoms. The molecule has 3 N–H and O–H groups in total. The number of nitrogens with zero attached hydrogens (tertiary/aromatic N) is 1. The maximum absolute atomic E-state index is 12.6. The molecule has 0 spiro atoms. The summed E-state index contributed by atoms with van der Waals surface area (Å²) in [6, 6.07) is 14.8. The maximum Gasteiger partial charge on any atom is 0.238 e. The average Bonchev–Trinajstić information content (AvgIpc) is 2.74. The predicted molar refractivity (Wildman–Crippen MR) is 116 cm³/mol. The Hall–Kier alpha value is -2.90. The summed E-state index contributed by atoms with van der Waals surface area (Å²) in [7, 11) is 1.53. The molecule has 0 radical (unpaired) electrons. The van der Waals surface area contributed by atoms with Crippen molar-refractivity contribution in [2.75, 3.05) is 37.4 Å². The Morgan fingerprint density at radius 2 is 1.83 bits per heavy atom. The number of aliphatic hydroxyl groups is 1. The lowest BCUT2D eigenvalue weighted by atomic mass is 9.87. The molecule has 3 rings (SSSR count). The van der Waals surface area contributed by atoms with Crippen molar-refractivity contribution in [3.63, 3.8) is 0 Å². The number of hydrogen-bond donors (Lipinski definition) is 3. The summed E-state index contributed by atoms with van der Waals surface area (Å²) in [5.41, 5.74) is 2.05. The third-order valence-electron chi connectivity index (χ3n) is 5.38. The second-order valence-corrected chi connectivity index (χ2v) is 7.61. The van der Waals surface area contributed by atoms with Crippen LogP contribution in [0.4, 0.5) is 11.4 Å². The highest BCUT2D eigenvalue weighted by Gasteiger charge is 2.27. The van der Waals surface area contributed by atoms with E-state index in [1.165, 1.54) is 14.0 Å². The van der Waals surface area contributed by atoms with Crippen molar-refractivity contribution in [1.29, 1.82) is 0 Å². The van der Waals surface area contributed by atoms with Gasteiger partial charge in [0.05, 0.1) is 25.4 Å². The molecule has 0 aromatic heterocycles. The zero-order valence-corrected chi connectivity index (χ0v) is 17.4. The van der Waals surface area contributed by atoms with Crippen LogP contribution in [0.25, 0.3) is 0 Å². The molecule has 1 heterocycles. The summed E-state index contributed by atoms with van der Waals surface area (Å²) in [5, 5.41) is 16.2. The molecule has 0 bridgehead atoms. The van der Waals surface area contributed by atoms with E-state index in [1.807, 2.05) is 30.3 Å². The summed E-state index contributed by atoms with van der Waals surface area (Å²) < 4.78 is 5.31. The fourth-order valence-corrected chi connectivity index (χ4v) is 3.83. The lowest BCUT2D eigenvalue weighted by Crippen LogP contribution is -2.40. The first-order valence-electron chi connectivity index (χ1n) is 10.2. The molecule has 1 aliphatic rings. The van der Waals surface area contributed by atoms with Gasteiger partial charge in [-0.25, -0.2) is 0 Å². The number of anilines is 2. The number of carbonyl (C=O) groups is 2. The van der Waals surface area contributed by atoms with Crippen LogP contribution in [0.5, 0.6) is 5.75 Å². The molecule has 160 valence electrons. The minimum atomic E-state index is -0.469. The van der Waals surface area contributed by atoms with Crippen LogP contribution in [0.2, 0.25) is 0 Å². The van der Waals surface area contributed by atoms with Crippen LogP contribution in [0.3, 0.4) is 0 Å². The number of hydrogen-bond acceptors (Lipinski definition) is 5. The summed E-state index contributed by atoms with van der Waals surface area (Å²) in [5.74, 6) is 0.400. The molecular weight excluding hydrogens is 382 g/mol. The quantitative estimate of drug-likeness (QED) is 0.652. The van der Waals surface area contributed by atoms with E-state index in [2.05, 4.69) is 15.5 Å². The highest BCUT2D eigenvalue weighted by Crippen LogP contribution is 2.31. The molecule has 1 aliphatic heterocycles. The number of aliphatic hydroxyl groups excluding tert-OH is 1. The van der Waals surface area contributed by atoms with Crippen LogP contribution < -0.4 is 15.4 Å². The second-order valence-electron chi connectivity index (χ2n) is 7.61. The predicted octanol–water partition coefficient (Wildman–Crippen LogP) is 3.04. The Morgan fingerprint density at radius 3 is 2.47 bits per heavy atom. The Labute approximate surface area is 177 Å². The van der Waals surface area contributed by atoms with Crippen molar-refractivity contribution in [2.45, 2.75) is 25.9 Å². The second kappa shape index (κ2) is 10.2. The fraction of sp³-hybridized carbons (Fsp3) is 0.391. The van der Waals surface area contributed by atoms with Gasteiger partial charge in [0, 0.05) is 12.6 Å². The molecular formula is C23H29N3O4. The van der Waals surface area contributed by atoms with Gasteiger partial charge < -0.3 is 20.5 Å². The Bertz CT molecular complexity index is 864. The third-order valence-corrected chi connectivity index (χ3v) is 5.38. The molecule has 7 nitrogen and oxygen atoms in total. The lowest BCUT2D eigenvalue weighted by molar-refractivity contribution is -0.118. The molecule has 1 saturated heterocycles. The standard InChI is InChI=1S/C23H29N3O4/c1-16(27)24-19-8-9-21(30-2)20(14-19)25-22(28)15-26-12-10-18(11-13-26)23(29)17-6-4-3-5-7-17/h3-9,14,18,23,29H,10-13,15H2,1-2H3,(H,24,27)(H,25,28). The SMILES string of the molecule is COc1ccc(NC(C)=O)cc1NC(=O)CN1CCC(C(O)c2ccccc2)CC1. The van der Waals surface area contributed by atoms with Crippen molar-refractivity contribution in [2.24, 2.45) is 5.92 Å². The third kappa shape index (κ3) is 5.81. The fourth-order valence-electron chi connectivity index (χ4n) is 3.83. The van der Waals surface area contributed by atoms with Gasteiger partial charge in [-0.3, -0.25) is 14.5 Å². The van der Waals surface area contributed by atoms with Crippen LogP contribution in [-0.4, -0.2) is 48.6 Å². The minimum Gasteiger partial charge on any atom is -0.495 e. The molecule has 0 aliphatic carbocycles. The van der Waals surface area contributed by atoms with Crippen molar-refractivity contribution < 1.29 is 19.4 Å². The average molecular weight is 412 g/mol. The van der Waals surface area contributed by atoms with Crippen LogP contribution in [-0.2, 0) is 9.59 Å². The van der Waals surface area contributed by atoms with Crippen LogP contribution in [0.15, 0.2) is 48.5 Å². The van der Waals surface area contributed by atoms with Crippen molar-refractivity contribution in [1.82, 2.24) is 4.90 Å². The van der Waals surface area contributed by atoms with Gasteiger partial charge in [0.15, 0.2) is 0 Å². The van der Waals surface area contributed by atoms with E-state index in [4.69, 9.17) is 4.74 Å². The summed E-state index contributed by atoms with van der Waals surface area (Å²) >= 11 is 0. The zero-order valence-electron chi connectivity index (χ0n) is 17.4. The highest BCUT2D eigenvalue weighted by atomic mass is 16.5. The van der Waals surface area contributed by atoms with Crippen LogP contribution >= 0.6 is 0 Å². The Morgan fingerprint density at radius 1 is 1.13 bits per heavy atom. The topological polar surface area (TPSA) is 90.9 Å². The number of methoxy groups -OCH3 is 1. The maximum atomic E-state index is 12.6. The Kier molecular flexibility index (Phi) is 7.43. The molecule has 2 amide bonds. The van der Waals surface area contributed by atoms with Crippen molar-refractivity contribution >= 4 is 23.2 Å². The minimum absolute atomic E-state index is 0.143. The number of likely N-dealkylation sites (tertiary alicyclic amines) is 1. The van der Waals surface area contributed by atoms with Gasteiger partial charge in [-0.2, -0.15) is 0 Å². The molecule has 1 unspecified atom stereocenters. The zero-order chi connectivity index (χ0) is 21.5. The number of amides is 2. The van der Waals surface area contributed by atoms with E-state index < -0.39 is 6.10 Å². The summed E-state index contributed by atoms with van der Waals surface area (Å²) in [4.78, 5) is 25.9. The molecule has 1 atom stereocenters. The first-order chi connectivity index (χ1) is 14.5. The lowest BCUT2D eigenvalue weighted by Gasteiger charge is -2.34. The first kappa shape index (κ1) is 21.8. The van der Waals surface area contributed by atoms with Gasteiger partial charge in [0.2, 0.25) is 11.8 Å². The first-order valence-corrected chi connectivity index (χ1v) is 10.2. The highest BCUT2D eigenvalue weighted by molar-refractivity contribution is 5.95. The summed E-state index contributed by atoms with van der Waals surface area (Å²) in [6.45, 7) is 3.21. The van der Waals surface area contributed by atoms with Crippen molar-refractivity contribution in [3.05, 3.63) is 54.1 Å². The van der Waals surface area contributed by atoms with E-state index >= 15 is 0 Å². The van der Waals surface area contributed by atoms with E-state index in [0.717, 1.165) is 31.5 Å². The molecule has 2 aromatic rings. The number of ether oxygens (including phenoxy) is 1. The largest absolute Gasteiger partial charge is 0.495 e. The number of benzene rings is 2. The molecule has 0 saturated carbocycles. The Balaban J connectivity index is 1.53. The van der Waals surface area contributed by atoms with E-state index in [1.54, 1.807) is 18.2 Å². The van der Waals surface area contributed by atoms with Crippen LogP contribution in [0.1, 0.15) is 31.4 Å². The monoisotopic (exact) mass is 411 g/mol. The smallest absolute Gasteiger partial charge is 0.238 e. The van der Waals surface area contributed by atoms with Crippen molar-refractivity contribution in [3.8, 4) is 5.75 Å².